The van der Waals surface area contributed by atoms with Crippen molar-refractivity contribution in [2.75, 3.05) is 13.1 Å². The molecule has 1 heterocycles. The summed E-state index contributed by atoms with van der Waals surface area (Å²) in [4.78, 5) is 13.9. The molecule has 3 aromatic rings. The van der Waals surface area contributed by atoms with Gasteiger partial charge in [-0.15, -0.1) is 12.4 Å². The van der Waals surface area contributed by atoms with E-state index in [2.05, 4.69) is 5.32 Å². The van der Waals surface area contributed by atoms with Gasteiger partial charge in [-0.3, -0.25) is 0 Å². The van der Waals surface area contributed by atoms with Gasteiger partial charge in [-0.25, -0.2) is 13.6 Å². The molecular weight excluding hydrogens is 446 g/mol. The minimum Gasteiger partial charge on any atom is -0.465 e. The quantitative estimate of drug-likeness (QED) is 0.485. The fourth-order valence-corrected chi connectivity index (χ4v) is 4.73. The van der Waals surface area contributed by atoms with Crippen molar-refractivity contribution in [3.8, 4) is 0 Å². The maximum Gasteiger partial charge on any atom is 0.407 e. The summed E-state index contributed by atoms with van der Waals surface area (Å²) in [6.07, 6.45) is -0.314. The Balaban J connectivity index is 0.00000306. The highest BCUT2D eigenvalue weighted by Crippen LogP contribution is 2.38. The van der Waals surface area contributed by atoms with E-state index < -0.39 is 6.09 Å². The van der Waals surface area contributed by atoms with Crippen LogP contribution in [0.3, 0.4) is 0 Å². The van der Waals surface area contributed by atoms with Gasteiger partial charge in [0.2, 0.25) is 0 Å². The third kappa shape index (κ3) is 5.89. The lowest BCUT2D eigenvalue weighted by atomic mass is 9.74. The van der Waals surface area contributed by atoms with E-state index >= 15 is 0 Å². The summed E-state index contributed by atoms with van der Waals surface area (Å²) in [5, 5.41) is 13.5. The number of halogens is 3. The highest BCUT2D eigenvalue weighted by atomic mass is 35.5. The van der Waals surface area contributed by atoms with Crippen LogP contribution in [0.25, 0.3) is 0 Å². The Morgan fingerprint density at radius 2 is 1.48 bits per heavy atom. The minimum absolute atomic E-state index is 0. The molecular formula is C26H27ClF2N2O2. The van der Waals surface area contributed by atoms with Crippen molar-refractivity contribution in [2.24, 2.45) is 5.92 Å². The molecule has 0 saturated carbocycles. The number of benzene rings is 3. The Morgan fingerprint density at radius 3 is 2.00 bits per heavy atom. The Bertz CT molecular complexity index is 987. The van der Waals surface area contributed by atoms with E-state index in [0.717, 1.165) is 16.7 Å². The SMILES string of the molecule is Cl.O=C(O)N(Cc1ccccc1)[C@@H]1CCNC[C@@H]1C(c1ccc(F)cc1)c1ccc(F)cc1. The molecule has 0 bridgehead atoms. The minimum atomic E-state index is -0.970. The molecule has 1 saturated heterocycles. The van der Waals surface area contributed by atoms with Gasteiger partial charge in [-0.2, -0.15) is 0 Å². The number of nitrogens with one attached hydrogen (secondary N) is 1. The molecule has 0 radical (unpaired) electrons. The fourth-order valence-electron chi connectivity index (χ4n) is 4.73. The van der Waals surface area contributed by atoms with Crippen LogP contribution in [-0.2, 0) is 6.54 Å². The lowest BCUT2D eigenvalue weighted by Gasteiger charge is -2.43. The number of carbonyl (C=O) groups is 1. The van der Waals surface area contributed by atoms with Crippen molar-refractivity contribution >= 4 is 18.5 Å². The maximum atomic E-state index is 13.7. The van der Waals surface area contributed by atoms with Crippen LogP contribution in [0.5, 0.6) is 0 Å². The van der Waals surface area contributed by atoms with E-state index in [1.807, 2.05) is 30.3 Å². The smallest absolute Gasteiger partial charge is 0.407 e. The summed E-state index contributed by atoms with van der Waals surface area (Å²) in [5.74, 6) is -0.992. The number of carboxylic acid groups (broad SMARTS) is 1. The summed E-state index contributed by atoms with van der Waals surface area (Å²) in [6, 6.07) is 21.9. The predicted molar refractivity (Wildman–Crippen MR) is 127 cm³/mol. The van der Waals surface area contributed by atoms with Gasteiger partial charge < -0.3 is 15.3 Å². The highest BCUT2D eigenvalue weighted by Gasteiger charge is 2.39. The Labute approximate surface area is 198 Å². The average Bonchev–Trinajstić information content (AvgIpc) is 2.81. The third-order valence-electron chi connectivity index (χ3n) is 6.22. The molecule has 0 spiro atoms. The molecule has 0 aromatic heterocycles. The van der Waals surface area contributed by atoms with Crippen molar-refractivity contribution in [1.82, 2.24) is 10.2 Å². The van der Waals surface area contributed by atoms with Gasteiger partial charge in [0.15, 0.2) is 0 Å². The molecule has 1 amide bonds. The molecule has 1 fully saturated rings. The Hall–Kier alpha value is -2.96. The third-order valence-corrected chi connectivity index (χ3v) is 6.22. The van der Waals surface area contributed by atoms with Gasteiger partial charge in [-0.05, 0) is 53.9 Å². The fraction of sp³-hybridized carbons (Fsp3) is 0.269. The summed E-state index contributed by atoms with van der Waals surface area (Å²) >= 11 is 0. The molecule has 0 unspecified atom stereocenters. The molecule has 2 N–H and O–H groups in total. The first-order valence-electron chi connectivity index (χ1n) is 10.8. The lowest BCUT2D eigenvalue weighted by molar-refractivity contribution is 0.0809. The first kappa shape index (κ1) is 24.7. The molecule has 4 nitrogen and oxygen atoms in total. The first-order chi connectivity index (χ1) is 15.5. The molecule has 0 aliphatic carbocycles. The number of hydrogen-bond acceptors (Lipinski definition) is 2. The highest BCUT2D eigenvalue weighted by molar-refractivity contribution is 5.85. The Morgan fingerprint density at radius 1 is 0.939 bits per heavy atom. The van der Waals surface area contributed by atoms with Gasteiger partial charge in [0, 0.05) is 31.0 Å². The van der Waals surface area contributed by atoms with Gasteiger partial charge in [0.1, 0.15) is 11.6 Å². The largest absolute Gasteiger partial charge is 0.465 e. The number of amides is 1. The second-order valence-electron chi connectivity index (χ2n) is 8.20. The van der Waals surface area contributed by atoms with Crippen molar-refractivity contribution < 1.29 is 18.7 Å². The van der Waals surface area contributed by atoms with Crippen LogP contribution >= 0.6 is 12.4 Å². The predicted octanol–water partition coefficient (Wildman–Crippen LogP) is 5.68. The van der Waals surface area contributed by atoms with Gasteiger partial charge in [0.05, 0.1) is 0 Å². The van der Waals surface area contributed by atoms with Crippen LogP contribution in [0.1, 0.15) is 29.0 Å². The standard InChI is InChI=1S/C26H26F2N2O2.ClH/c27-21-10-6-19(7-11-21)25(20-8-12-22(28)13-9-20)23-16-29-15-14-24(23)30(26(31)32)17-18-4-2-1-3-5-18;/h1-13,23-25,29H,14-17H2,(H,31,32);1H/t23-,24+;/m0./s1. The molecule has 2 atom stereocenters. The zero-order chi connectivity index (χ0) is 22.5. The van der Waals surface area contributed by atoms with Crippen LogP contribution in [0, 0.1) is 17.6 Å². The molecule has 7 heteroatoms. The van der Waals surface area contributed by atoms with E-state index in [0.29, 0.717) is 19.5 Å². The van der Waals surface area contributed by atoms with E-state index in [1.165, 1.54) is 29.2 Å². The summed E-state index contributed by atoms with van der Waals surface area (Å²) in [7, 11) is 0. The summed E-state index contributed by atoms with van der Waals surface area (Å²) in [5.41, 5.74) is 2.68. The van der Waals surface area contributed by atoms with Crippen molar-refractivity contribution in [3.05, 3.63) is 107 Å². The van der Waals surface area contributed by atoms with Crippen molar-refractivity contribution in [3.63, 3.8) is 0 Å². The molecule has 1 aliphatic heterocycles. The molecule has 1 aliphatic rings. The van der Waals surface area contributed by atoms with Crippen LogP contribution in [0.15, 0.2) is 78.9 Å². The van der Waals surface area contributed by atoms with Crippen molar-refractivity contribution in [2.45, 2.75) is 24.9 Å². The number of nitrogens with zero attached hydrogens (tertiary/aromatic N) is 1. The zero-order valence-corrected chi connectivity index (χ0v) is 18.8. The lowest BCUT2D eigenvalue weighted by Crippen LogP contribution is -2.53. The van der Waals surface area contributed by atoms with E-state index in [9.17, 15) is 18.7 Å². The molecule has 33 heavy (non-hydrogen) atoms. The van der Waals surface area contributed by atoms with Crippen LogP contribution in [0.2, 0.25) is 0 Å². The molecule has 3 aromatic carbocycles. The van der Waals surface area contributed by atoms with Crippen molar-refractivity contribution in [1.29, 1.82) is 0 Å². The normalized spacial score (nSPS) is 17.9. The van der Waals surface area contributed by atoms with Gasteiger partial charge in [-0.1, -0.05) is 54.6 Å². The van der Waals surface area contributed by atoms with Gasteiger partial charge >= 0.3 is 6.09 Å². The first-order valence-corrected chi connectivity index (χ1v) is 10.8. The van der Waals surface area contributed by atoms with Crippen LogP contribution in [-0.4, -0.2) is 35.2 Å². The van der Waals surface area contributed by atoms with E-state index in [-0.39, 0.29) is 48.5 Å². The average molecular weight is 473 g/mol. The van der Waals surface area contributed by atoms with Crippen LogP contribution in [0.4, 0.5) is 13.6 Å². The topological polar surface area (TPSA) is 52.6 Å². The van der Waals surface area contributed by atoms with Crippen LogP contribution < -0.4 is 5.32 Å². The maximum absolute atomic E-state index is 13.7. The number of piperidine rings is 1. The van der Waals surface area contributed by atoms with E-state index in [4.69, 9.17) is 0 Å². The number of rotatable bonds is 6. The van der Waals surface area contributed by atoms with E-state index in [1.54, 1.807) is 24.3 Å². The molecule has 4 rings (SSSR count). The second-order valence-corrected chi connectivity index (χ2v) is 8.20. The van der Waals surface area contributed by atoms with Gasteiger partial charge in [0.25, 0.3) is 0 Å². The summed E-state index contributed by atoms with van der Waals surface area (Å²) in [6.45, 7) is 1.60. The second kappa shape index (κ2) is 11.3. The Kier molecular flexibility index (Phi) is 8.42. The summed E-state index contributed by atoms with van der Waals surface area (Å²) < 4.78 is 27.3. The molecule has 174 valence electrons. The zero-order valence-electron chi connectivity index (χ0n) is 18.0. The number of hydrogen-bond donors (Lipinski definition) is 2. The monoisotopic (exact) mass is 472 g/mol.